The molecule has 12 heteroatoms. The van der Waals surface area contributed by atoms with Crippen molar-refractivity contribution in [3.63, 3.8) is 0 Å². The molecule has 1 saturated carbocycles. The molecule has 44 heavy (non-hydrogen) atoms. The molecule has 0 aliphatic heterocycles. The van der Waals surface area contributed by atoms with Gasteiger partial charge in [0.25, 0.3) is 5.91 Å². The van der Waals surface area contributed by atoms with Crippen LogP contribution in [-0.4, -0.2) is 81.2 Å². The van der Waals surface area contributed by atoms with Gasteiger partial charge in [-0.25, -0.2) is 4.79 Å². The number of nitrogens with two attached hydrogens (primary N) is 1. The lowest BCUT2D eigenvalue weighted by Crippen LogP contribution is -2.65. The van der Waals surface area contributed by atoms with E-state index in [1.807, 2.05) is 13.8 Å². The third-order valence-corrected chi connectivity index (χ3v) is 8.59. The molecule has 2 aromatic rings. The monoisotopic (exact) mass is 605 g/mol. The first-order valence-corrected chi connectivity index (χ1v) is 14.2. The van der Waals surface area contributed by atoms with Crippen molar-refractivity contribution in [3.05, 3.63) is 64.4 Å². The molecule has 4 atom stereocenters. The van der Waals surface area contributed by atoms with Crippen LogP contribution in [0.25, 0.3) is 16.9 Å². The fraction of sp³-hybridized carbons (Fsp3) is 0.375. The summed E-state index contributed by atoms with van der Waals surface area (Å²) in [6.07, 6.45) is -0.443. The Morgan fingerprint density at radius 3 is 2.34 bits per heavy atom. The maximum absolute atomic E-state index is 14.0. The number of rotatable bonds is 6. The summed E-state index contributed by atoms with van der Waals surface area (Å²) in [7, 11) is 3.10. The van der Waals surface area contributed by atoms with E-state index in [0.717, 1.165) is 0 Å². The normalized spacial score (nSPS) is 24.7. The van der Waals surface area contributed by atoms with E-state index in [0.29, 0.717) is 22.4 Å². The number of aliphatic hydroxyl groups is 3. The lowest BCUT2D eigenvalue weighted by molar-refractivity contribution is -0.153. The first kappa shape index (κ1) is 30.8. The lowest BCUT2D eigenvalue weighted by Gasteiger charge is -2.50. The Kier molecular flexibility index (Phi) is 7.77. The minimum absolute atomic E-state index is 0.00162. The van der Waals surface area contributed by atoms with Crippen molar-refractivity contribution >= 4 is 35.0 Å². The van der Waals surface area contributed by atoms with Crippen LogP contribution in [0.2, 0.25) is 0 Å². The number of primary amides is 1. The molecule has 1 fully saturated rings. The second-order valence-corrected chi connectivity index (χ2v) is 12.1. The summed E-state index contributed by atoms with van der Waals surface area (Å²) < 4.78 is 5.16. The molecule has 12 nitrogen and oxygen atoms in total. The number of likely N-dealkylation sites (N-methyl/N-ethyl adjacent to an activating group) is 1. The van der Waals surface area contributed by atoms with Gasteiger partial charge in [-0.15, -0.1) is 0 Å². The number of carbonyl (C=O) groups is 4. The molecule has 232 valence electrons. The number of hydrogen-bond acceptors (Lipinski definition) is 10. The second-order valence-electron chi connectivity index (χ2n) is 12.1. The fourth-order valence-electron chi connectivity index (χ4n) is 6.64. The quantitative estimate of drug-likeness (QED) is 0.266. The number of nitrogens with one attached hydrogen (secondary N) is 1. The Bertz CT molecular complexity index is 1640. The molecule has 0 radical (unpaired) electrons. The number of nitrogens with zero attached hydrogens (tertiary/aromatic N) is 1. The number of phenols is 1. The highest BCUT2D eigenvalue weighted by atomic mass is 16.5. The van der Waals surface area contributed by atoms with Gasteiger partial charge in [0.2, 0.25) is 5.78 Å². The molecular formula is C32H35N3O9. The van der Waals surface area contributed by atoms with Gasteiger partial charge >= 0.3 is 6.09 Å². The van der Waals surface area contributed by atoms with Gasteiger partial charge in [0.15, 0.2) is 11.4 Å². The number of carbonyl (C=O) groups excluding carboxylic acids is 4. The van der Waals surface area contributed by atoms with Crippen molar-refractivity contribution in [2.75, 3.05) is 26.0 Å². The van der Waals surface area contributed by atoms with Gasteiger partial charge in [0.1, 0.15) is 22.8 Å². The number of aliphatic hydroxyl groups excluding tert-OH is 2. The number of benzene rings is 2. The number of Topliss-reactive ketones (excluding diaryl/α,β-unsaturated/α-hetero) is 2. The van der Waals surface area contributed by atoms with Crippen LogP contribution in [0.3, 0.4) is 0 Å². The summed E-state index contributed by atoms with van der Waals surface area (Å²) in [6, 6.07) is 8.75. The van der Waals surface area contributed by atoms with E-state index in [9.17, 15) is 39.6 Å². The minimum Gasteiger partial charge on any atom is -0.508 e. The van der Waals surface area contributed by atoms with E-state index in [2.05, 4.69) is 5.32 Å². The number of phenolic OH excluding ortho intramolecular Hbond substituents is 1. The van der Waals surface area contributed by atoms with Crippen molar-refractivity contribution in [2.24, 2.45) is 23.5 Å². The zero-order valence-electron chi connectivity index (χ0n) is 24.7. The predicted molar refractivity (Wildman–Crippen MR) is 159 cm³/mol. The highest BCUT2D eigenvalue weighted by molar-refractivity contribution is 6.24. The molecule has 5 rings (SSSR count). The van der Waals surface area contributed by atoms with Crippen LogP contribution in [0.1, 0.15) is 31.4 Å². The van der Waals surface area contributed by atoms with E-state index < -0.39 is 64.1 Å². The SMILES string of the molecule is CC(C)COC(=O)Nc1ccc(-c2ccc(O)c3c2CC2CC4C(N(C)C)C(=O)C(C(N)=O)=C(O)C4(O)C(=O)C2=C3O)cc1. The first-order chi connectivity index (χ1) is 20.7. The van der Waals surface area contributed by atoms with Gasteiger partial charge < -0.3 is 30.9 Å². The Labute approximate surface area is 253 Å². The second kappa shape index (κ2) is 11.1. The topological polar surface area (TPSA) is 200 Å². The van der Waals surface area contributed by atoms with E-state index >= 15 is 0 Å². The molecule has 0 saturated heterocycles. The number of ether oxygens (including phenoxy) is 1. The summed E-state index contributed by atoms with van der Waals surface area (Å²) in [6.45, 7) is 4.13. The van der Waals surface area contributed by atoms with Gasteiger partial charge in [0.05, 0.1) is 18.2 Å². The van der Waals surface area contributed by atoms with Crippen molar-refractivity contribution in [1.82, 2.24) is 4.90 Å². The van der Waals surface area contributed by atoms with E-state index in [1.165, 1.54) is 11.0 Å². The van der Waals surface area contributed by atoms with Crippen LogP contribution in [-0.2, 0) is 25.5 Å². The maximum atomic E-state index is 14.0. The standard InChI is InChI=1S/C32H35N3O9/c1-14(2)13-44-31(42)34-17-7-5-15(6-8-17)18-9-10-21(36)23-19(18)11-16-12-20-25(35(3)4)27(38)24(30(33)41)29(40)32(20,43)28(39)22(16)26(23)37/h5-10,14,16,20,25,36-37,40,43H,11-13H2,1-4H3,(H2,33,41)(H,34,42). The number of fused-ring (bicyclic) bond motifs is 3. The van der Waals surface area contributed by atoms with E-state index in [1.54, 1.807) is 44.4 Å². The Morgan fingerprint density at radius 2 is 1.75 bits per heavy atom. The summed E-state index contributed by atoms with van der Waals surface area (Å²) in [4.78, 5) is 52.9. The number of hydrogen-bond donors (Lipinski definition) is 6. The summed E-state index contributed by atoms with van der Waals surface area (Å²) in [5.74, 6) is -6.84. The molecule has 0 aromatic heterocycles. The van der Waals surface area contributed by atoms with Gasteiger partial charge in [-0.05, 0) is 73.7 Å². The number of amides is 2. The summed E-state index contributed by atoms with van der Waals surface area (Å²) in [5.41, 5.74) is 3.97. The van der Waals surface area contributed by atoms with Crippen LogP contribution in [0.15, 0.2) is 53.3 Å². The van der Waals surface area contributed by atoms with Crippen LogP contribution in [0.4, 0.5) is 10.5 Å². The smallest absolute Gasteiger partial charge is 0.411 e. The molecule has 0 bridgehead atoms. The van der Waals surface area contributed by atoms with Crippen LogP contribution in [0, 0.1) is 17.8 Å². The molecule has 4 unspecified atom stereocenters. The van der Waals surface area contributed by atoms with E-state index in [-0.39, 0.29) is 42.3 Å². The summed E-state index contributed by atoms with van der Waals surface area (Å²) in [5, 5.41) is 47.7. The molecule has 2 amide bonds. The predicted octanol–water partition coefficient (Wildman–Crippen LogP) is 2.84. The molecule has 3 aliphatic carbocycles. The van der Waals surface area contributed by atoms with Gasteiger partial charge in [-0.3, -0.25) is 24.6 Å². The minimum atomic E-state index is -2.70. The lowest BCUT2D eigenvalue weighted by atomic mass is 9.57. The Balaban J connectivity index is 1.57. The largest absolute Gasteiger partial charge is 0.508 e. The third kappa shape index (κ3) is 4.80. The zero-order chi connectivity index (χ0) is 32.2. The van der Waals surface area contributed by atoms with Crippen molar-refractivity contribution in [3.8, 4) is 16.9 Å². The summed E-state index contributed by atoms with van der Waals surface area (Å²) >= 11 is 0. The molecule has 3 aliphatic rings. The molecule has 0 spiro atoms. The van der Waals surface area contributed by atoms with Crippen molar-refractivity contribution in [2.45, 2.75) is 38.3 Å². The Morgan fingerprint density at radius 1 is 1.09 bits per heavy atom. The molecule has 0 heterocycles. The fourth-order valence-corrected chi connectivity index (χ4v) is 6.64. The van der Waals surface area contributed by atoms with Crippen LogP contribution < -0.4 is 11.1 Å². The zero-order valence-corrected chi connectivity index (χ0v) is 24.7. The molecular weight excluding hydrogens is 570 g/mol. The van der Waals surface area contributed by atoms with Crippen molar-refractivity contribution in [1.29, 1.82) is 0 Å². The average molecular weight is 606 g/mol. The molecule has 2 aromatic carbocycles. The number of anilines is 1. The maximum Gasteiger partial charge on any atom is 0.411 e. The highest BCUT2D eigenvalue weighted by Gasteiger charge is 2.64. The van der Waals surface area contributed by atoms with Gasteiger partial charge in [0, 0.05) is 17.2 Å². The van der Waals surface area contributed by atoms with Gasteiger partial charge in [-0.1, -0.05) is 32.0 Å². The Hall–Kier alpha value is -4.68. The number of ketones is 2. The number of aromatic hydroxyl groups is 1. The first-order valence-electron chi connectivity index (χ1n) is 14.2. The highest BCUT2D eigenvalue weighted by Crippen LogP contribution is 2.53. The average Bonchev–Trinajstić information content (AvgIpc) is 2.94. The third-order valence-electron chi connectivity index (χ3n) is 8.59. The van der Waals surface area contributed by atoms with Gasteiger partial charge in [-0.2, -0.15) is 0 Å². The van der Waals surface area contributed by atoms with E-state index in [4.69, 9.17) is 10.5 Å². The van der Waals surface area contributed by atoms with Crippen molar-refractivity contribution < 1.29 is 44.3 Å². The van der Waals surface area contributed by atoms with Crippen LogP contribution >= 0.6 is 0 Å². The molecule has 7 N–H and O–H groups in total. The van der Waals surface area contributed by atoms with Crippen LogP contribution in [0.5, 0.6) is 5.75 Å².